The van der Waals surface area contributed by atoms with Crippen molar-refractivity contribution in [3.63, 3.8) is 0 Å². The number of carbonyl (C=O) groups excluding carboxylic acids is 2. The first-order valence-corrected chi connectivity index (χ1v) is 11.8. The lowest BCUT2D eigenvalue weighted by Gasteiger charge is -2.29. The lowest BCUT2D eigenvalue weighted by Crippen LogP contribution is -2.60. The number of carboxylic acid groups (broad SMARTS) is 1. The molecule has 0 spiro atoms. The van der Waals surface area contributed by atoms with Crippen LogP contribution < -0.4 is 10.6 Å². The van der Waals surface area contributed by atoms with Gasteiger partial charge in [-0.1, -0.05) is 66.7 Å². The first-order chi connectivity index (χ1) is 18.2. The average Bonchev–Trinajstić information content (AvgIpc) is 2.90. The minimum atomic E-state index is -1.81. The van der Waals surface area contributed by atoms with Crippen molar-refractivity contribution in [1.29, 1.82) is 0 Å². The van der Waals surface area contributed by atoms with Gasteiger partial charge in [0.1, 0.15) is 18.2 Å². The lowest BCUT2D eigenvalue weighted by molar-refractivity contribution is -0.147. The number of amides is 2. The van der Waals surface area contributed by atoms with Gasteiger partial charge >= 0.3 is 12.1 Å². The Balaban J connectivity index is 1.70. The zero-order valence-corrected chi connectivity index (χ0v) is 20.8. The van der Waals surface area contributed by atoms with Gasteiger partial charge < -0.3 is 35.4 Å². The summed E-state index contributed by atoms with van der Waals surface area (Å²) < 4.78 is 10.9. The molecule has 0 saturated carbocycles. The maximum Gasteiger partial charge on any atom is 0.408 e. The second-order valence-corrected chi connectivity index (χ2v) is 8.89. The van der Waals surface area contributed by atoms with Crippen LogP contribution in [0.15, 0.2) is 78.9 Å². The van der Waals surface area contributed by atoms with E-state index in [2.05, 4.69) is 10.6 Å². The molecule has 0 aromatic heterocycles. The van der Waals surface area contributed by atoms with E-state index in [1.807, 2.05) is 36.4 Å². The molecule has 0 radical (unpaired) electrons. The zero-order chi connectivity index (χ0) is 27.5. The molecule has 10 heteroatoms. The van der Waals surface area contributed by atoms with Gasteiger partial charge in [-0.15, -0.1) is 0 Å². The molecule has 0 aliphatic heterocycles. The fraction of sp³-hybridized carbons (Fsp3) is 0.250. The smallest absolute Gasteiger partial charge is 0.408 e. The molecule has 0 fully saturated rings. The van der Waals surface area contributed by atoms with Crippen LogP contribution in [-0.4, -0.2) is 51.5 Å². The first kappa shape index (κ1) is 28.0. The molecule has 10 nitrogen and oxygen atoms in total. The molecule has 38 heavy (non-hydrogen) atoms. The summed E-state index contributed by atoms with van der Waals surface area (Å²) >= 11 is 0. The van der Waals surface area contributed by atoms with Crippen molar-refractivity contribution in [2.45, 2.75) is 38.1 Å². The number of hydrogen-bond donors (Lipinski definition) is 5. The molecule has 3 aromatic carbocycles. The molecule has 0 saturated heterocycles. The third-order valence-corrected chi connectivity index (χ3v) is 5.69. The molecule has 0 bridgehead atoms. The fourth-order valence-electron chi connectivity index (χ4n) is 3.58. The van der Waals surface area contributed by atoms with Gasteiger partial charge in [0.25, 0.3) is 0 Å². The van der Waals surface area contributed by atoms with E-state index in [0.717, 1.165) is 11.1 Å². The number of aromatic hydroxyl groups is 2. The van der Waals surface area contributed by atoms with Gasteiger partial charge in [-0.05, 0) is 35.7 Å². The molecule has 3 rings (SSSR count). The fourth-order valence-corrected chi connectivity index (χ4v) is 3.58. The van der Waals surface area contributed by atoms with Crippen molar-refractivity contribution in [3.05, 3.63) is 95.6 Å². The van der Waals surface area contributed by atoms with E-state index in [9.17, 15) is 29.7 Å². The first-order valence-electron chi connectivity index (χ1n) is 11.8. The van der Waals surface area contributed by atoms with Gasteiger partial charge in [-0.25, -0.2) is 9.59 Å². The largest absolute Gasteiger partial charge is 0.504 e. The van der Waals surface area contributed by atoms with Crippen LogP contribution in [0.1, 0.15) is 23.6 Å². The molecule has 3 aromatic rings. The Morgan fingerprint density at radius 2 is 1.45 bits per heavy atom. The number of benzene rings is 3. The molecule has 0 unspecified atom stereocenters. The summed E-state index contributed by atoms with van der Waals surface area (Å²) in [5.74, 6) is -2.92. The quantitative estimate of drug-likeness (QED) is 0.227. The number of alkyl carbamates (subject to hydrolysis) is 1. The third kappa shape index (κ3) is 8.24. The lowest BCUT2D eigenvalue weighted by atomic mass is 9.92. The number of hydrogen-bond acceptors (Lipinski definition) is 7. The predicted molar refractivity (Wildman–Crippen MR) is 137 cm³/mol. The number of carboxylic acids is 1. The zero-order valence-electron chi connectivity index (χ0n) is 20.8. The number of rotatable bonds is 12. The minimum Gasteiger partial charge on any atom is -0.504 e. The SMILES string of the molecule is C[C@@](Cc1ccc(O)c(O)c1)(NC(=O)[C@H](COCc1ccccc1)NC(=O)OCc1ccccc1)C(=O)O. The second-order valence-electron chi connectivity index (χ2n) is 8.89. The summed E-state index contributed by atoms with van der Waals surface area (Å²) in [7, 11) is 0. The summed E-state index contributed by atoms with van der Waals surface area (Å²) in [6.45, 7) is 1.18. The predicted octanol–water partition coefficient (Wildman–Crippen LogP) is 3.11. The van der Waals surface area contributed by atoms with Crippen molar-refractivity contribution < 1.29 is 39.2 Å². The molecular formula is C28H30N2O8. The van der Waals surface area contributed by atoms with Crippen LogP contribution in [0.25, 0.3) is 0 Å². The number of nitrogens with one attached hydrogen (secondary N) is 2. The van der Waals surface area contributed by atoms with E-state index >= 15 is 0 Å². The van der Waals surface area contributed by atoms with Crippen molar-refractivity contribution in [3.8, 4) is 11.5 Å². The molecule has 5 N–H and O–H groups in total. The maximum atomic E-state index is 13.2. The van der Waals surface area contributed by atoms with Crippen molar-refractivity contribution in [1.82, 2.24) is 10.6 Å². The summed E-state index contributed by atoms with van der Waals surface area (Å²) in [6.07, 6.45) is -1.09. The van der Waals surface area contributed by atoms with E-state index in [-0.39, 0.29) is 32.0 Å². The van der Waals surface area contributed by atoms with E-state index in [0.29, 0.717) is 5.56 Å². The Labute approximate surface area is 219 Å². The molecule has 0 heterocycles. The highest BCUT2D eigenvalue weighted by atomic mass is 16.5. The monoisotopic (exact) mass is 522 g/mol. The van der Waals surface area contributed by atoms with E-state index in [1.165, 1.54) is 25.1 Å². The second kappa shape index (κ2) is 13.1. The Kier molecular flexibility index (Phi) is 9.66. The number of phenolic OH excluding ortho intramolecular Hbond substituents is 2. The summed E-state index contributed by atoms with van der Waals surface area (Å²) in [5, 5.41) is 34.1. The van der Waals surface area contributed by atoms with Crippen LogP contribution >= 0.6 is 0 Å². The van der Waals surface area contributed by atoms with Gasteiger partial charge in [0.15, 0.2) is 11.5 Å². The summed E-state index contributed by atoms with van der Waals surface area (Å²) in [4.78, 5) is 37.8. The molecule has 0 aliphatic carbocycles. The normalized spacial score (nSPS) is 13.1. The highest BCUT2D eigenvalue weighted by molar-refractivity contribution is 5.91. The Hall–Kier alpha value is -4.57. The van der Waals surface area contributed by atoms with Gasteiger partial charge in [0.2, 0.25) is 5.91 Å². The number of aliphatic carboxylic acids is 1. The van der Waals surface area contributed by atoms with E-state index in [4.69, 9.17) is 9.47 Å². The number of phenols is 2. The van der Waals surface area contributed by atoms with Gasteiger partial charge in [-0.2, -0.15) is 0 Å². The van der Waals surface area contributed by atoms with Gasteiger partial charge in [0, 0.05) is 6.42 Å². The molecule has 0 aliphatic rings. The van der Waals surface area contributed by atoms with Gasteiger partial charge in [-0.3, -0.25) is 4.79 Å². The molecule has 2 amide bonds. The average molecular weight is 523 g/mol. The van der Waals surface area contributed by atoms with Crippen molar-refractivity contribution >= 4 is 18.0 Å². The highest BCUT2D eigenvalue weighted by Gasteiger charge is 2.37. The van der Waals surface area contributed by atoms with Crippen LogP contribution in [0, 0.1) is 0 Å². The Bertz CT molecular complexity index is 1240. The maximum absolute atomic E-state index is 13.2. The van der Waals surface area contributed by atoms with Crippen LogP contribution in [-0.2, 0) is 38.7 Å². The Morgan fingerprint density at radius 1 is 0.842 bits per heavy atom. The van der Waals surface area contributed by atoms with Crippen LogP contribution in [0.5, 0.6) is 11.5 Å². The summed E-state index contributed by atoms with van der Waals surface area (Å²) in [6, 6.07) is 20.8. The molecular weight excluding hydrogens is 492 g/mol. The van der Waals surface area contributed by atoms with Crippen molar-refractivity contribution in [2.75, 3.05) is 6.61 Å². The van der Waals surface area contributed by atoms with Gasteiger partial charge in [0.05, 0.1) is 13.2 Å². The van der Waals surface area contributed by atoms with Crippen LogP contribution in [0.3, 0.4) is 0 Å². The number of ether oxygens (including phenoxy) is 2. The summed E-state index contributed by atoms with van der Waals surface area (Å²) in [5.41, 5.74) is 0.145. The van der Waals surface area contributed by atoms with Crippen molar-refractivity contribution in [2.24, 2.45) is 0 Å². The molecule has 200 valence electrons. The molecule has 2 atom stereocenters. The third-order valence-electron chi connectivity index (χ3n) is 5.69. The standard InChI is InChI=1S/C28H30N2O8/c1-28(26(34)35,15-21-12-13-23(31)24(32)14-21)30-25(33)22(18-37-16-19-8-4-2-5-9-19)29-27(36)38-17-20-10-6-3-7-11-20/h2-14,22,31-32H,15-18H2,1H3,(H,29,36)(H,30,33)(H,34,35)/t22-,28-/m0/s1. The van der Waals surface area contributed by atoms with Crippen LogP contribution in [0.4, 0.5) is 4.79 Å². The van der Waals surface area contributed by atoms with E-state index < -0.39 is 35.3 Å². The Morgan fingerprint density at radius 3 is 2.03 bits per heavy atom. The van der Waals surface area contributed by atoms with E-state index in [1.54, 1.807) is 24.3 Å². The van der Waals surface area contributed by atoms with Crippen LogP contribution in [0.2, 0.25) is 0 Å². The number of carbonyl (C=O) groups is 3. The minimum absolute atomic E-state index is 0.0247. The topological polar surface area (TPSA) is 154 Å². The highest BCUT2D eigenvalue weighted by Crippen LogP contribution is 2.27.